The Balaban J connectivity index is 2.03. The molecule has 2 rings (SSSR count). The molecule has 0 aliphatic heterocycles. The lowest BCUT2D eigenvalue weighted by molar-refractivity contribution is 0.0766. The van der Waals surface area contributed by atoms with E-state index in [9.17, 15) is 4.79 Å². The quantitative estimate of drug-likeness (QED) is 0.812. The smallest absolute Gasteiger partial charge is 0.253 e. The highest BCUT2D eigenvalue weighted by Crippen LogP contribution is 2.13. The molecule has 0 radical (unpaired) electrons. The van der Waals surface area contributed by atoms with Crippen molar-refractivity contribution in [1.82, 2.24) is 4.90 Å². The van der Waals surface area contributed by atoms with E-state index < -0.39 is 0 Å². The molecule has 2 aromatic rings. The number of halogens is 1. The maximum absolute atomic E-state index is 12.4. The number of hydrogen-bond acceptors (Lipinski definition) is 1. The second-order valence-corrected chi connectivity index (χ2v) is 5.07. The Bertz CT molecular complexity index is 568. The number of rotatable bonds is 5. The van der Waals surface area contributed by atoms with Crippen LogP contribution in [0.1, 0.15) is 22.8 Å². The Hall–Kier alpha value is -1.80. The monoisotopic (exact) mass is 287 g/mol. The van der Waals surface area contributed by atoms with Gasteiger partial charge in [-0.2, -0.15) is 0 Å². The number of carbonyl (C=O) groups is 1. The second-order valence-electron chi connectivity index (χ2n) is 4.63. The molecule has 1 amide bonds. The van der Waals surface area contributed by atoms with Gasteiger partial charge in [0, 0.05) is 23.7 Å². The molecule has 104 valence electrons. The number of hydrogen-bond donors (Lipinski definition) is 0. The highest BCUT2D eigenvalue weighted by molar-refractivity contribution is 6.30. The van der Waals surface area contributed by atoms with Crippen LogP contribution in [-0.2, 0) is 6.42 Å². The summed E-state index contributed by atoms with van der Waals surface area (Å²) in [7, 11) is 0. The molecule has 0 saturated heterocycles. The van der Waals surface area contributed by atoms with E-state index in [0.717, 1.165) is 6.42 Å². The SMILES string of the molecule is CCN(CCc1ccccc1)C(=O)c1cccc(Cl)c1. The molecule has 3 heteroatoms. The molecule has 0 spiro atoms. The van der Waals surface area contributed by atoms with Crippen LogP contribution < -0.4 is 0 Å². The van der Waals surface area contributed by atoms with Crippen LogP contribution in [0.25, 0.3) is 0 Å². The van der Waals surface area contributed by atoms with Gasteiger partial charge >= 0.3 is 0 Å². The Morgan fingerprint density at radius 1 is 1.10 bits per heavy atom. The summed E-state index contributed by atoms with van der Waals surface area (Å²) in [6.45, 7) is 3.40. The summed E-state index contributed by atoms with van der Waals surface area (Å²) >= 11 is 5.94. The molecule has 0 fully saturated rings. The first kappa shape index (κ1) is 14.6. The summed E-state index contributed by atoms with van der Waals surface area (Å²) < 4.78 is 0. The van der Waals surface area contributed by atoms with Crippen LogP contribution in [0.3, 0.4) is 0 Å². The number of benzene rings is 2. The van der Waals surface area contributed by atoms with Crippen molar-refractivity contribution < 1.29 is 4.79 Å². The van der Waals surface area contributed by atoms with Crippen molar-refractivity contribution in [3.63, 3.8) is 0 Å². The maximum Gasteiger partial charge on any atom is 0.253 e. The summed E-state index contributed by atoms with van der Waals surface area (Å²) in [6.07, 6.45) is 0.862. The van der Waals surface area contributed by atoms with Gasteiger partial charge in [-0.3, -0.25) is 4.79 Å². The third-order valence-corrected chi connectivity index (χ3v) is 3.49. The van der Waals surface area contributed by atoms with E-state index in [0.29, 0.717) is 23.7 Å². The zero-order valence-electron chi connectivity index (χ0n) is 11.6. The van der Waals surface area contributed by atoms with E-state index in [1.54, 1.807) is 24.3 Å². The summed E-state index contributed by atoms with van der Waals surface area (Å²) in [5.74, 6) is 0.0333. The normalized spacial score (nSPS) is 10.3. The van der Waals surface area contributed by atoms with E-state index in [2.05, 4.69) is 12.1 Å². The molecule has 2 nitrogen and oxygen atoms in total. The van der Waals surface area contributed by atoms with Crippen LogP contribution in [0, 0.1) is 0 Å². The highest BCUT2D eigenvalue weighted by Gasteiger charge is 2.14. The first-order valence-corrected chi connectivity index (χ1v) is 7.17. The molecule has 2 aromatic carbocycles. The molecular formula is C17H18ClNO. The van der Waals surface area contributed by atoms with E-state index in [-0.39, 0.29) is 5.91 Å². The van der Waals surface area contributed by atoms with E-state index >= 15 is 0 Å². The Kier molecular flexibility index (Phi) is 5.19. The lowest BCUT2D eigenvalue weighted by atomic mass is 10.1. The van der Waals surface area contributed by atoms with Gasteiger partial charge in [0.2, 0.25) is 0 Å². The van der Waals surface area contributed by atoms with Crippen molar-refractivity contribution in [2.45, 2.75) is 13.3 Å². The molecule has 0 aromatic heterocycles. The third kappa shape index (κ3) is 3.84. The van der Waals surface area contributed by atoms with Gasteiger partial charge in [-0.1, -0.05) is 48.0 Å². The predicted molar refractivity (Wildman–Crippen MR) is 83.2 cm³/mol. The minimum atomic E-state index is 0.0333. The van der Waals surface area contributed by atoms with Crippen LogP contribution in [0.5, 0.6) is 0 Å². The summed E-state index contributed by atoms with van der Waals surface area (Å²) in [5.41, 5.74) is 1.89. The topological polar surface area (TPSA) is 20.3 Å². The van der Waals surface area contributed by atoms with Crippen LogP contribution in [-0.4, -0.2) is 23.9 Å². The van der Waals surface area contributed by atoms with Gasteiger partial charge in [-0.05, 0) is 37.1 Å². The fraction of sp³-hybridized carbons (Fsp3) is 0.235. The average molecular weight is 288 g/mol. The maximum atomic E-state index is 12.4. The van der Waals surface area contributed by atoms with Crippen molar-refractivity contribution in [1.29, 1.82) is 0 Å². The molecule has 0 aliphatic rings. The van der Waals surface area contributed by atoms with Gasteiger partial charge in [0.25, 0.3) is 5.91 Å². The van der Waals surface area contributed by atoms with E-state index in [1.165, 1.54) is 5.56 Å². The molecule has 0 N–H and O–H groups in total. The Morgan fingerprint density at radius 2 is 1.85 bits per heavy atom. The van der Waals surface area contributed by atoms with Crippen LogP contribution in [0.15, 0.2) is 54.6 Å². The first-order chi connectivity index (χ1) is 9.70. The number of amides is 1. The lowest BCUT2D eigenvalue weighted by Gasteiger charge is -2.21. The minimum Gasteiger partial charge on any atom is -0.339 e. The van der Waals surface area contributed by atoms with E-state index in [1.807, 2.05) is 30.0 Å². The van der Waals surface area contributed by atoms with E-state index in [4.69, 9.17) is 11.6 Å². The number of likely N-dealkylation sites (N-methyl/N-ethyl adjacent to an activating group) is 1. The zero-order valence-corrected chi connectivity index (χ0v) is 12.3. The van der Waals surface area contributed by atoms with Gasteiger partial charge in [0.05, 0.1) is 0 Å². The summed E-state index contributed by atoms with van der Waals surface area (Å²) in [4.78, 5) is 14.3. The highest BCUT2D eigenvalue weighted by atomic mass is 35.5. The van der Waals surface area contributed by atoms with Crippen molar-refractivity contribution in [3.8, 4) is 0 Å². The van der Waals surface area contributed by atoms with Crippen molar-refractivity contribution in [2.24, 2.45) is 0 Å². The summed E-state index contributed by atoms with van der Waals surface area (Å²) in [6, 6.07) is 17.3. The molecule has 20 heavy (non-hydrogen) atoms. The van der Waals surface area contributed by atoms with Gasteiger partial charge in [-0.15, -0.1) is 0 Å². The van der Waals surface area contributed by atoms with Gasteiger partial charge in [-0.25, -0.2) is 0 Å². The van der Waals surface area contributed by atoms with Crippen LogP contribution in [0.2, 0.25) is 5.02 Å². The Morgan fingerprint density at radius 3 is 2.50 bits per heavy atom. The van der Waals surface area contributed by atoms with Gasteiger partial charge in [0.15, 0.2) is 0 Å². The standard InChI is InChI=1S/C17H18ClNO/c1-2-19(12-11-14-7-4-3-5-8-14)17(20)15-9-6-10-16(18)13-15/h3-10,13H,2,11-12H2,1H3. The van der Waals surface area contributed by atoms with Crippen LogP contribution >= 0.6 is 11.6 Å². The first-order valence-electron chi connectivity index (χ1n) is 6.79. The van der Waals surface area contributed by atoms with Crippen molar-refractivity contribution in [2.75, 3.05) is 13.1 Å². The van der Waals surface area contributed by atoms with Crippen molar-refractivity contribution >= 4 is 17.5 Å². The largest absolute Gasteiger partial charge is 0.339 e. The third-order valence-electron chi connectivity index (χ3n) is 3.25. The average Bonchev–Trinajstić information content (AvgIpc) is 2.48. The fourth-order valence-electron chi connectivity index (χ4n) is 2.12. The molecule has 0 atom stereocenters. The lowest BCUT2D eigenvalue weighted by Crippen LogP contribution is -2.32. The molecule has 0 bridgehead atoms. The fourth-order valence-corrected chi connectivity index (χ4v) is 2.31. The zero-order chi connectivity index (χ0) is 14.4. The molecular weight excluding hydrogens is 270 g/mol. The second kappa shape index (κ2) is 7.11. The minimum absolute atomic E-state index is 0.0333. The van der Waals surface area contributed by atoms with Crippen LogP contribution in [0.4, 0.5) is 0 Å². The Labute approximate surface area is 125 Å². The number of carbonyl (C=O) groups excluding carboxylic acids is 1. The molecule has 0 saturated carbocycles. The molecule has 0 aliphatic carbocycles. The predicted octanol–water partition coefficient (Wildman–Crippen LogP) is 4.04. The van der Waals surface area contributed by atoms with Crippen molar-refractivity contribution in [3.05, 3.63) is 70.7 Å². The summed E-state index contributed by atoms with van der Waals surface area (Å²) in [5, 5.41) is 0.593. The molecule has 0 unspecified atom stereocenters. The van der Waals surface area contributed by atoms with Gasteiger partial charge in [0.1, 0.15) is 0 Å². The van der Waals surface area contributed by atoms with Gasteiger partial charge < -0.3 is 4.90 Å². The number of nitrogens with zero attached hydrogens (tertiary/aromatic N) is 1. The molecule has 0 heterocycles.